The molecule has 0 unspecified atom stereocenters. The van der Waals surface area contributed by atoms with Gasteiger partial charge >= 0.3 is 5.97 Å². The van der Waals surface area contributed by atoms with Crippen LogP contribution in [0, 0.1) is 6.92 Å². The second kappa shape index (κ2) is 4.57. The molecule has 3 nitrogen and oxygen atoms in total. The zero-order chi connectivity index (χ0) is 10.7. The molecule has 14 heavy (non-hydrogen) atoms. The first-order valence-electron chi connectivity index (χ1n) is 4.24. The molecule has 0 radical (unpaired) electrons. The fourth-order valence-corrected chi connectivity index (χ4v) is 1.59. The number of rotatable bonds is 3. The normalized spacial score (nSPS) is 12.5. The Kier molecular flexibility index (Phi) is 3.66. The van der Waals surface area contributed by atoms with E-state index in [2.05, 4.69) is 15.9 Å². The van der Waals surface area contributed by atoms with Crippen molar-refractivity contribution in [3.63, 3.8) is 0 Å². The van der Waals surface area contributed by atoms with Crippen LogP contribution in [-0.2, 0) is 11.2 Å². The summed E-state index contributed by atoms with van der Waals surface area (Å²) in [6, 6.07) is 4.96. The Morgan fingerprint density at radius 1 is 1.64 bits per heavy atom. The number of hydrogen-bond donors (Lipinski definition) is 2. The van der Waals surface area contributed by atoms with Crippen molar-refractivity contribution in [3.05, 3.63) is 33.8 Å². The molecule has 1 aromatic rings. The lowest BCUT2D eigenvalue weighted by atomic mass is 10.0. The number of nitrogens with two attached hydrogens (primary N) is 1. The van der Waals surface area contributed by atoms with E-state index in [9.17, 15) is 4.79 Å². The highest BCUT2D eigenvalue weighted by Gasteiger charge is 2.13. The van der Waals surface area contributed by atoms with Gasteiger partial charge in [0.15, 0.2) is 0 Å². The smallest absolute Gasteiger partial charge is 0.320 e. The Labute approximate surface area is 91.1 Å². The molecule has 0 fully saturated rings. The van der Waals surface area contributed by atoms with Crippen LogP contribution in [0.4, 0.5) is 0 Å². The molecule has 0 heterocycles. The van der Waals surface area contributed by atoms with Crippen molar-refractivity contribution in [1.82, 2.24) is 0 Å². The van der Waals surface area contributed by atoms with Gasteiger partial charge in [-0.25, -0.2) is 0 Å². The molecule has 0 saturated carbocycles. The third-order valence-corrected chi connectivity index (χ3v) is 2.73. The molecular weight excluding hydrogens is 246 g/mol. The molecule has 0 saturated heterocycles. The highest BCUT2D eigenvalue weighted by molar-refractivity contribution is 9.10. The average molecular weight is 258 g/mol. The van der Waals surface area contributed by atoms with Crippen LogP contribution in [-0.4, -0.2) is 17.1 Å². The van der Waals surface area contributed by atoms with E-state index >= 15 is 0 Å². The summed E-state index contributed by atoms with van der Waals surface area (Å²) >= 11 is 3.36. The van der Waals surface area contributed by atoms with Crippen molar-refractivity contribution < 1.29 is 9.90 Å². The third kappa shape index (κ3) is 2.82. The van der Waals surface area contributed by atoms with E-state index in [0.717, 1.165) is 15.6 Å². The van der Waals surface area contributed by atoms with Gasteiger partial charge in [-0.05, 0) is 25.0 Å². The molecule has 0 spiro atoms. The average Bonchev–Trinajstić information content (AvgIpc) is 2.11. The van der Waals surface area contributed by atoms with Crippen molar-refractivity contribution in [3.8, 4) is 0 Å². The highest BCUT2D eigenvalue weighted by Crippen LogP contribution is 2.19. The Hall–Kier alpha value is -0.870. The van der Waals surface area contributed by atoms with Crippen LogP contribution in [0.25, 0.3) is 0 Å². The lowest BCUT2D eigenvalue weighted by molar-refractivity contribution is -0.138. The van der Waals surface area contributed by atoms with Gasteiger partial charge in [-0.2, -0.15) is 0 Å². The summed E-state index contributed by atoms with van der Waals surface area (Å²) in [6.45, 7) is 1.96. The van der Waals surface area contributed by atoms with Gasteiger partial charge in [-0.15, -0.1) is 0 Å². The Morgan fingerprint density at radius 2 is 2.29 bits per heavy atom. The Morgan fingerprint density at radius 3 is 2.86 bits per heavy atom. The van der Waals surface area contributed by atoms with Gasteiger partial charge in [-0.1, -0.05) is 33.6 Å². The molecule has 0 aliphatic carbocycles. The maximum absolute atomic E-state index is 10.6. The van der Waals surface area contributed by atoms with Gasteiger partial charge < -0.3 is 10.8 Å². The summed E-state index contributed by atoms with van der Waals surface area (Å²) < 4.78 is 0.903. The van der Waals surface area contributed by atoms with E-state index in [1.54, 1.807) is 0 Å². The number of aryl methyl sites for hydroxylation is 1. The largest absolute Gasteiger partial charge is 0.480 e. The maximum Gasteiger partial charge on any atom is 0.320 e. The van der Waals surface area contributed by atoms with E-state index in [-0.39, 0.29) is 0 Å². The molecule has 0 aliphatic heterocycles. The molecular formula is C10H12BrNO2. The third-order valence-electron chi connectivity index (χ3n) is 1.96. The first-order chi connectivity index (χ1) is 6.50. The van der Waals surface area contributed by atoms with Crippen LogP contribution < -0.4 is 5.73 Å². The predicted octanol–water partition coefficient (Wildman–Crippen LogP) is 1.71. The zero-order valence-electron chi connectivity index (χ0n) is 7.83. The molecule has 3 N–H and O–H groups in total. The quantitative estimate of drug-likeness (QED) is 0.867. The minimum absolute atomic E-state index is 0.345. The van der Waals surface area contributed by atoms with Crippen molar-refractivity contribution in [2.45, 2.75) is 19.4 Å². The zero-order valence-corrected chi connectivity index (χ0v) is 9.41. The predicted molar refractivity (Wildman–Crippen MR) is 58.2 cm³/mol. The Balaban J connectivity index is 2.85. The molecule has 76 valence electrons. The molecule has 1 rings (SSSR count). The van der Waals surface area contributed by atoms with Crippen molar-refractivity contribution in [1.29, 1.82) is 0 Å². The van der Waals surface area contributed by atoms with Gasteiger partial charge in [0.25, 0.3) is 0 Å². The van der Waals surface area contributed by atoms with Crippen LogP contribution >= 0.6 is 15.9 Å². The van der Waals surface area contributed by atoms with Gasteiger partial charge in [0.2, 0.25) is 0 Å². The maximum atomic E-state index is 10.6. The molecule has 0 aromatic heterocycles. The van der Waals surface area contributed by atoms with Crippen LogP contribution in [0.5, 0.6) is 0 Å². The molecule has 0 amide bonds. The molecule has 1 atom stereocenters. The first kappa shape index (κ1) is 11.2. The topological polar surface area (TPSA) is 63.3 Å². The summed E-state index contributed by atoms with van der Waals surface area (Å²) in [5.74, 6) is -0.974. The van der Waals surface area contributed by atoms with E-state index in [1.165, 1.54) is 0 Å². The lowest BCUT2D eigenvalue weighted by Gasteiger charge is -2.09. The number of aliphatic carboxylic acids is 1. The van der Waals surface area contributed by atoms with Gasteiger partial charge in [0, 0.05) is 4.47 Å². The second-order valence-electron chi connectivity index (χ2n) is 3.24. The summed E-state index contributed by atoms with van der Waals surface area (Å²) in [5.41, 5.74) is 7.48. The fraction of sp³-hybridized carbons (Fsp3) is 0.300. The molecule has 0 aliphatic rings. The monoisotopic (exact) mass is 257 g/mol. The van der Waals surface area contributed by atoms with Crippen LogP contribution in [0.1, 0.15) is 11.1 Å². The van der Waals surface area contributed by atoms with Crippen molar-refractivity contribution >= 4 is 21.9 Å². The summed E-state index contributed by atoms with van der Waals surface area (Å²) in [7, 11) is 0. The van der Waals surface area contributed by atoms with Crippen LogP contribution in [0.2, 0.25) is 0 Å². The number of halogens is 1. The number of hydrogen-bond acceptors (Lipinski definition) is 2. The number of carboxylic acids is 1. The first-order valence-corrected chi connectivity index (χ1v) is 5.03. The van der Waals surface area contributed by atoms with E-state index < -0.39 is 12.0 Å². The van der Waals surface area contributed by atoms with Gasteiger partial charge in [-0.3, -0.25) is 4.79 Å². The minimum Gasteiger partial charge on any atom is -0.480 e. The SMILES string of the molecule is Cc1ccc(Br)c(C[C@@H](N)C(=O)O)c1. The van der Waals surface area contributed by atoms with Crippen molar-refractivity contribution in [2.75, 3.05) is 0 Å². The minimum atomic E-state index is -0.974. The van der Waals surface area contributed by atoms with Crippen LogP contribution in [0.3, 0.4) is 0 Å². The number of benzene rings is 1. The standard InChI is InChI=1S/C10H12BrNO2/c1-6-2-3-8(11)7(4-6)5-9(12)10(13)14/h2-4,9H,5,12H2,1H3,(H,13,14)/t9-/m1/s1. The second-order valence-corrected chi connectivity index (χ2v) is 4.10. The summed E-state index contributed by atoms with van der Waals surface area (Å²) in [6.07, 6.45) is 0.345. The lowest BCUT2D eigenvalue weighted by Crippen LogP contribution is -2.32. The molecule has 1 aromatic carbocycles. The van der Waals surface area contributed by atoms with E-state index in [1.807, 2.05) is 25.1 Å². The summed E-state index contributed by atoms with van der Waals surface area (Å²) in [5, 5.41) is 8.66. The summed E-state index contributed by atoms with van der Waals surface area (Å²) in [4.78, 5) is 10.6. The van der Waals surface area contributed by atoms with E-state index in [0.29, 0.717) is 6.42 Å². The molecule has 0 bridgehead atoms. The number of carboxylic acid groups (broad SMARTS) is 1. The van der Waals surface area contributed by atoms with Crippen molar-refractivity contribution in [2.24, 2.45) is 5.73 Å². The van der Waals surface area contributed by atoms with E-state index in [4.69, 9.17) is 10.8 Å². The van der Waals surface area contributed by atoms with Gasteiger partial charge in [0.05, 0.1) is 0 Å². The molecule has 4 heteroatoms. The highest BCUT2D eigenvalue weighted by atomic mass is 79.9. The van der Waals surface area contributed by atoms with Crippen LogP contribution in [0.15, 0.2) is 22.7 Å². The van der Waals surface area contributed by atoms with Gasteiger partial charge in [0.1, 0.15) is 6.04 Å². The Bertz CT molecular complexity index is 352. The fourth-order valence-electron chi connectivity index (χ4n) is 1.18. The number of carbonyl (C=O) groups is 1.